The largest absolute Gasteiger partial charge is 0.310 e. The highest BCUT2D eigenvalue weighted by molar-refractivity contribution is 6.12. The molecule has 0 N–H and O–H groups in total. The Morgan fingerprint density at radius 3 is 1.60 bits per heavy atom. The van der Waals surface area contributed by atoms with Crippen LogP contribution in [-0.2, 0) is 0 Å². The summed E-state index contributed by atoms with van der Waals surface area (Å²) in [5.74, 6) is 0. The molecular weight excluding hydrogens is 667 g/mol. The van der Waals surface area contributed by atoms with Gasteiger partial charge < -0.3 is 14.0 Å². The molecule has 0 radical (unpaired) electrons. The second-order valence-corrected chi connectivity index (χ2v) is 14.2. The Labute approximate surface area is 319 Å². The van der Waals surface area contributed by atoms with Crippen molar-refractivity contribution < 1.29 is 0 Å². The average molecular weight is 702 g/mol. The highest BCUT2D eigenvalue weighted by atomic mass is 15.1. The lowest BCUT2D eigenvalue weighted by atomic mass is 10.0. The van der Waals surface area contributed by atoms with Gasteiger partial charge in [-0.05, 0) is 95.4 Å². The minimum absolute atomic E-state index is 1.12. The molecule has 0 fully saturated rings. The van der Waals surface area contributed by atoms with Crippen molar-refractivity contribution in [2.45, 2.75) is 0 Å². The number of para-hydroxylation sites is 4. The van der Waals surface area contributed by atoms with Crippen LogP contribution < -0.4 is 4.90 Å². The number of anilines is 3. The molecule has 0 aliphatic carbocycles. The average Bonchev–Trinajstić information content (AvgIpc) is 3.77. The first-order valence-electron chi connectivity index (χ1n) is 18.9. The third-order valence-electron chi connectivity index (χ3n) is 11.1. The van der Waals surface area contributed by atoms with Crippen molar-refractivity contribution in [2.75, 3.05) is 4.90 Å². The van der Waals surface area contributed by atoms with E-state index >= 15 is 0 Å². The van der Waals surface area contributed by atoms with Crippen LogP contribution in [0.3, 0.4) is 0 Å². The lowest BCUT2D eigenvalue weighted by Gasteiger charge is -2.27. The van der Waals surface area contributed by atoms with E-state index in [4.69, 9.17) is 0 Å². The molecular formula is C52H35N3. The summed E-state index contributed by atoms with van der Waals surface area (Å²) in [6.07, 6.45) is 0. The van der Waals surface area contributed by atoms with Gasteiger partial charge in [-0.1, -0.05) is 133 Å². The molecule has 0 spiro atoms. The minimum atomic E-state index is 1.12. The van der Waals surface area contributed by atoms with E-state index in [2.05, 4.69) is 226 Å². The highest BCUT2D eigenvalue weighted by Gasteiger charge is 2.18. The van der Waals surface area contributed by atoms with Crippen LogP contribution in [0.5, 0.6) is 0 Å². The molecule has 0 aliphatic rings. The van der Waals surface area contributed by atoms with Gasteiger partial charge in [0.15, 0.2) is 0 Å². The summed E-state index contributed by atoms with van der Waals surface area (Å²) < 4.78 is 4.81. The fourth-order valence-corrected chi connectivity index (χ4v) is 8.59. The summed E-state index contributed by atoms with van der Waals surface area (Å²) in [6, 6.07) is 76.8. The standard InChI is InChI=1S/C52H35N3/c1-3-16-39(17-4-1)53(48-25-13-15-37-14-7-8-20-43(37)48)41-29-26-36(27-30-41)38-28-33-51-47(34-38)45-22-10-12-24-50(45)55(51)42-31-32-46-44-21-9-11-23-49(44)54(52(46)35-42)40-18-5-2-6-19-40/h1-35H. The summed E-state index contributed by atoms with van der Waals surface area (Å²) in [7, 11) is 0. The molecule has 0 aliphatic heterocycles. The quantitative estimate of drug-likeness (QED) is 0.168. The van der Waals surface area contributed by atoms with Gasteiger partial charge in [0.1, 0.15) is 0 Å². The molecule has 258 valence electrons. The van der Waals surface area contributed by atoms with Crippen LogP contribution in [0.4, 0.5) is 17.1 Å². The molecule has 0 saturated heterocycles. The lowest BCUT2D eigenvalue weighted by Crippen LogP contribution is -2.10. The van der Waals surface area contributed by atoms with E-state index in [1.807, 2.05) is 0 Å². The Bertz CT molecular complexity index is 3180. The van der Waals surface area contributed by atoms with Gasteiger partial charge in [0.2, 0.25) is 0 Å². The topological polar surface area (TPSA) is 13.1 Å². The van der Waals surface area contributed by atoms with Crippen LogP contribution in [0.1, 0.15) is 0 Å². The van der Waals surface area contributed by atoms with Crippen molar-refractivity contribution in [2.24, 2.45) is 0 Å². The van der Waals surface area contributed by atoms with E-state index in [1.165, 1.54) is 65.5 Å². The van der Waals surface area contributed by atoms with Gasteiger partial charge in [0.25, 0.3) is 0 Å². The predicted octanol–water partition coefficient (Wildman–Crippen LogP) is 14.2. The number of nitrogens with zero attached hydrogens (tertiary/aromatic N) is 3. The SMILES string of the molecule is c1ccc(N(c2ccc(-c3ccc4c(c3)c3ccccc3n4-c3ccc4c5ccccc5n(-c5ccccc5)c4c3)cc2)c2cccc3ccccc23)cc1. The first-order valence-corrected chi connectivity index (χ1v) is 18.9. The number of rotatable bonds is 6. The summed E-state index contributed by atoms with van der Waals surface area (Å²) in [6.45, 7) is 0. The normalized spacial score (nSPS) is 11.6. The van der Waals surface area contributed by atoms with Gasteiger partial charge in [-0.2, -0.15) is 0 Å². The zero-order valence-corrected chi connectivity index (χ0v) is 30.0. The molecule has 3 nitrogen and oxygen atoms in total. The maximum absolute atomic E-state index is 2.42. The van der Waals surface area contributed by atoms with Crippen LogP contribution in [-0.4, -0.2) is 9.13 Å². The smallest absolute Gasteiger partial charge is 0.0561 e. The van der Waals surface area contributed by atoms with Crippen molar-refractivity contribution in [1.29, 1.82) is 0 Å². The van der Waals surface area contributed by atoms with Gasteiger partial charge >= 0.3 is 0 Å². The van der Waals surface area contributed by atoms with E-state index in [0.29, 0.717) is 0 Å². The van der Waals surface area contributed by atoms with Gasteiger partial charge in [0.05, 0.1) is 27.8 Å². The monoisotopic (exact) mass is 701 g/mol. The number of hydrogen-bond acceptors (Lipinski definition) is 1. The maximum Gasteiger partial charge on any atom is 0.0561 e. The van der Waals surface area contributed by atoms with Crippen molar-refractivity contribution in [3.05, 3.63) is 212 Å². The Kier molecular flexibility index (Phi) is 7.17. The Balaban J connectivity index is 1.04. The molecule has 11 aromatic rings. The fraction of sp³-hybridized carbons (Fsp3) is 0. The molecule has 0 atom stereocenters. The van der Waals surface area contributed by atoms with E-state index in [1.54, 1.807) is 0 Å². The Morgan fingerprint density at radius 1 is 0.291 bits per heavy atom. The molecule has 55 heavy (non-hydrogen) atoms. The van der Waals surface area contributed by atoms with Gasteiger partial charge in [-0.15, -0.1) is 0 Å². The second-order valence-electron chi connectivity index (χ2n) is 14.2. The molecule has 2 aromatic heterocycles. The Morgan fingerprint density at radius 2 is 0.836 bits per heavy atom. The van der Waals surface area contributed by atoms with E-state index in [9.17, 15) is 0 Å². The van der Waals surface area contributed by atoms with Crippen LogP contribution >= 0.6 is 0 Å². The van der Waals surface area contributed by atoms with E-state index < -0.39 is 0 Å². The fourth-order valence-electron chi connectivity index (χ4n) is 8.59. The molecule has 9 aromatic carbocycles. The zero-order chi connectivity index (χ0) is 36.3. The van der Waals surface area contributed by atoms with Gasteiger partial charge in [-0.25, -0.2) is 0 Å². The van der Waals surface area contributed by atoms with Crippen molar-refractivity contribution in [1.82, 2.24) is 9.13 Å². The van der Waals surface area contributed by atoms with Gasteiger partial charge in [0, 0.05) is 49.7 Å². The summed E-state index contributed by atoms with van der Waals surface area (Å²) in [5, 5.41) is 7.44. The van der Waals surface area contributed by atoms with Crippen LogP contribution in [0.2, 0.25) is 0 Å². The lowest BCUT2D eigenvalue weighted by molar-refractivity contribution is 1.15. The van der Waals surface area contributed by atoms with Crippen molar-refractivity contribution in [3.8, 4) is 22.5 Å². The molecule has 0 unspecified atom stereocenters. The predicted molar refractivity (Wildman–Crippen MR) is 233 cm³/mol. The number of benzene rings is 9. The molecule has 3 heteroatoms. The summed E-state index contributed by atoms with van der Waals surface area (Å²) >= 11 is 0. The summed E-state index contributed by atoms with van der Waals surface area (Å²) in [5.41, 5.74) is 12.9. The van der Waals surface area contributed by atoms with E-state index in [0.717, 1.165) is 28.4 Å². The van der Waals surface area contributed by atoms with Crippen LogP contribution in [0.25, 0.3) is 76.9 Å². The van der Waals surface area contributed by atoms with Crippen molar-refractivity contribution in [3.63, 3.8) is 0 Å². The first kappa shape index (κ1) is 31.2. The molecule has 2 heterocycles. The number of fused-ring (bicyclic) bond motifs is 7. The molecule has 0 amide bonds. The highest BCUT2D eigenvalue weighted by Crippen LogP contribution is 2.41. The van der Waals surface area contributed by atoms with E-state index in [-0.39, 0.29) is 0 Å². The van der Waals surface area contributed by atoms with Crippen LogP contribution in [0.15, 0.2) is 212 Å². The molecule has 11 rings (SSSR count). The van der Waals surface area contributed by atoms with Crippen LogP contribution in [0, 0.1) is 0 Å². The molecule has 0 saturated carbocycles. The second kappa shape index (κ2) is 12.6. The summed E-state index contributed by atoms with van der Waals surface area (Å²) in [4.78, 5) is 2.36. The third kappa shape index (κ3) is 5.05. The minimum Gasteiger partial charge on any atom is -0.310 e. The number of hydrogen-bond donors (Lipinski definition) is 0. The van der Waals surface area contributed by atoms with Crippen molar-refractivity contribution >= 4 is 71.4 Å². The molecule has 0 bridgehead atoms. The number of aromatic nitrogens is 2. The first-order chi connectivity index (χ1) is 27.3. The zero-order valence-electron chi connectivity index (χ0n) is 30.0. The van der Waals surface area contributed by atoms with Gasteiger partial charge in [-0.3, -0.25) is 0 Å². The maximum atomic E-state index is 2.42. The Hall–Kier alpha value is -7.36. The third-order valence-corrected chi connectivity index (χ3v) is 11.1.